The molecule has 0 aromatic carbocycles. The summed E-state index contributed by atoms with van der Waals surface area (Å²) in [6.07, 6.45) is 5.48. The largest absolute Gasteiger partial charge is 0.374 e. The van der Waals surface area contributed by atoms with Gasteiger partial charge in [-0.15, -0.1) is 11.6 Å². The van der Waals surface area contributed by atoms with E-state index in [4.69, 9.17) is 16.3 Å². The molecule has 3 unspecified atom stereocenters. The number of halogens is 1. The number of hydrogen-bond acceptors (Lipinski definition) is 3. The maximum atomic E-state index is 6.35. The van der Waals surface area contributed by atoms with Gasteiger partial charge in [0.15, 0.2) is 0 Å². The van der Waals surface area contributed by atoms with E-state index >= 15 is 0 Å². The highest BCUT2D eigenvalue weighted by atomic mass is 35.5. The molecule has 1 N–H and O–H groups in total. The van der Waals surface area contributed by atoms with Crippen LogP contribution in [0.4, 0.5) is 0 Å². The average molecular weight is 261 g/mol. The van der Waals surface area contributed by atoms with Crippen molar-refractivity contribution >= 4 is 11.6 Å². The second-order valence-electron chi connectivity index (χ2n) is 5.47. The Morgan fingerprint density at radius 3 is 2.88 bits per heavy atom. The summed E-state index contributed by atoms with van der Waals surface area (Å²) < 4.78 is 5.73. The van der Waals surface area contributed by atoms with Gasteiger partial charge in [0.1, 0.15) is 0 Å². The first kappa shape index (κ1) is 13.6. The van der Waals surface area contributed by atoms with Crippen LogP contribution >= 0.6 is 11.6 Å². The van der Waals surface area contributed by atoms with Crippen LogP contribution in [0.3, 0.4) is 0 Å². The van der Waals surface area contributed by atoms with Crippen molar-refractivity contribution < 1.29 is 4.74 Å². The van der Waals surface area contributed by atoms with E-state index in [-0.39, 0.29) is 0 Å². The van der Waals surface area contributed by atoms with E-state index < -0.39 is 0 Å². The Kier molecular flexibility index (Phi) is 5.54. The molecule has 1 aliphatic heterocycles. The van der Waals surface area contributed by atoms with Crippen molar-refractivity contribution in [2.45, 2.75) is 37.2 Å². The van der Waals surface area contributed by atoms with E-state index in [0.29, 0.717) is 17.4 Å². The van der Waals surface area contributed by atoms with Crippen LogP contribution in [0.1, 0.15) is 25.7 Å². The monoisotopic (exact) mass is 260 g/mol. The summed E-state index contributed by atoms with van der Waals surface area (Å²) in [4.78, 5) is 2.33. The Bertz CT molecular complexity index is 227. The van der Waals surface area contributed by atoms with Crippen LogP contribution in [0.2, 0.25) is 0 Å². The van der Waals surface area contributed by atoms with Gasteiger partial charge in [-0.05, 0) is 32.4 Å². The smallest absolute Gasteiger partial charge is 0.0826 e. The molecule has 1 saturated carbocycles. The van der Waals surface area contributed by atoms with Crippen LogP contribution in [-0.2, 0) is 4.74 Å². The Balaban J connectivity index is 1.61. The minimum Gasteiger partial charge on any atom is -0.374 e. The predicted octanol–water partition coefficient (Wildman–Crippen LogP) is 1.70. The summed E-state index contributed by atoms with van der Waals surface area (Å²) in [7, 11) is 2.16. The highest BCUT2D eigenvalue weighted by molar-refractivity contribution is 6.20. The number of likely N-dealkylation sites (N-methyl/N-ethyl adjacent to an activating group) is 1. The van der Waals surface area contributed by atoms with Gasteiger partial charge in [0.25, 0.3) is 0 Å². The predicted molar refractivity (Wildman–Crippen MR) is 71.7 cm³/mol. The normalized spacial score (nSPS) is 36.0. The van der Waals surface area contributed by atoms with Crippen molar-refractivity contribution in [3.63, 3.8) is 0 Å². The van der Waals surface area contributed by atoms with Crippen LogP contribution in [0.15, 0.2) is 0 Å². The lowest BCUT2D eigenvalue weighted by Crippen LogP contribution is -2.46. The SMILES string of the molecule is CN1CCOC(CNCC2CCCCC2Cl)C1. The highest BCUT2D eigenvalue weighted by Gasteiger charge is 2.23. The Morgan fingerprint density at radius 1 is 1.29 bits per heavy atom. The Hall–Kier alpha value is 0.170. The molecule has 1 saturated heterocycles. The standard InChI is InChI=1S/C13H25ClN2O/c1-16-6-7-17-12(10-16)9-15-8-11-4-2-3-5-13(11)14/h11-13,15H,2-10H2,1H3. The van der Waals surface area contributed by atoms with Crippen molar-refractivity contribution in [1.29, 1.82) is 0 Å². The summed E-state index contributed by atoms with van der Waals surface area (Å²) in [6, 6.07) is 0. The number of ether oxygens (including phenoxy) is 1. The van der Waals surface area contributed by atoms with Crippen LogP contribution in [0.5, 0.6) is 0 Å². The molecule has 2 fully saturated rings. The van der Waals surface area contributed by atoms with E-state index in [1.54, 1.807) is 0 Å². The molecule has 0 amide bonds. The van der Waals surface area contributed by atoms with Crippen LogP contribution in [0, 0.1) is 5.92 Å². The topological polar surface area (TPSA) is 24.5 Å². The molecular weight excluding hydrogens is 236 g/mol. The van der Waals surface area contributed by atoms with E-state index in [9.17, 15) is 0 Å². The fourth-order valence-electron chi connectivity index (χ4n) is 2.81. The number of morpholine rings is 1. The molecule has 0 aromatic rings. The molecule has 2 rings (SSSR count). The molecular formula is C13H25ClN2O. The van der Waals surface area contributed by atoms with E-state index in [0.717, 1.165) is 32.8 Å². The molecule has 0 aromatic heterocycles. The van der Waals surface area contributed by atoms with Crippen molar-refractivity contribution in [2.24, 2.45) is 5.92 Å². The lowest BCUT2D eigenvalue weighted by molar-refractivity contribution is -0.0184. The molecule has 3 nitrogen and oxygen atoms in total. The quantitative estimate of drug-likeness (QED) is 0.779. The van der Waals surface area contributed by atoms with Crippen molar-refractivity contribution in [3.05, 3.63) is 0 Å². The highest BCUT2D eigenvalue weighted by Crippen LogP contribution is 2.27. The number of nitrogens with one attached hydrogen (secondary N) is 1. The minimum absolute atomic E-state index is 0.353. The fraction of sp³-hybridized carbons (Fsp3) is 1.00. The van der Waals surface area contributed by atoms with Crippen LogP contribution in [-0.4, -0.2) is 56.2 Å². The summed E-state index contributed by atoms with van der Waals surface area (Å²) in [5.41, 5.74) is 0. The van der Waals surface area contributed by atoms with Gasteiger partial charge in [-0.1, -0.05) is 12.8 Å². The lowest BCUT2D eigenvalue weighted by Gasteiger charge is -2.31. The molecule has 0 radical (unpaired) electrons. The molecule has 17 heavy (non-hydrogen) atoms. The maximum Gasteiger partial charge on any atom is 0.0826 e. The third-order valence-electron chi connectivity index (χ3n) is 3.94. The Morgan fingerprint density at radius 2 is 2.12 bits per heavy atom. The van der Waals surface area contributed by atoms with Gasteiger partial charge in [0, 0.05) is 25.0 Å². The lowest BCUT2D eigenvalue weighted by atomic mass is 9.89. The third kappa shape index (κ3) is 4.40. The van der Waals surface area contributed by atoms with E-state index in [2.05, 4.69) is 17.3 Å². The van der Waals surface area contributed by atoms with Crippen molar-refractivity contribution in [2.75, 3.05) is 39.8 Å². The molecule has 2 aliphatic rings. The van der Waals surface area contributed by atoms with Gasteiger partial charge in [-0.25, -0.2) is 0 Å². The third-order valence-corrected chi connectivity index (χ3v) is 4.51. The summed E-state index contributed by atoms with van der Waals surface area (Å²) in [5, 5.41) is 3.92. The second-order valence-corrected chi connectivity index (χ2v) is 6.03. The molecule has 0 bridgehead atoms. The zero-order valence-electron chi connectivity index (χ0n) is 10.8. The van der Waals surface area contributed by atoms with Crippen molar-refractivity contribution in [1.82, 2.24) is 10.2 Å². The number of alkyl halides is 1. The number of hydrogen-bond donors (Lipinski definition) is 1. The van der Waals surface area contributed by atoms with Gasteiger partial charge in [0.05, 0.1) is 12.7 Å². The van der Waals surface area contributed by atoms with Crippen LogP contribution in [0.25, 0.3) is 0 Å². The molecule has 100 valence electrons. The average Bonchev–Trinajstić information content (AvgIpc) is 2.32. The molecule has 3 atom stereocenters. The van der Waals surface area contributed by atoms with Crippen LogP contribution < -0.4 is 5.32 Å². The minimum atomic E-state index is 0.353. The molecule has 0 spiro atoms. The van der Waals surface area contributed by atoms with Crippen molar-refractivity contribution in [3.8, 4) is 0 Å². The first-order valence-electron chi connectivity index (χ1n) is 6.90. The summed E-state index contributed by atoms with van der Waals surface area (Å²) in [6.45, 7) is 4.98. The van der Waals surface area contributed by atoms with Gasteiger partial charge < -0.3 is 15.0 Å². The summed E-state index contributed by atoms with van der Waals surface area (Å²) in [5.74, 6) is 0.659. The second kappa shape index (κ2) is 6.93. The summed E-state index contributed by atoms with van der Waals surface area (Å²) >= 11 is 6.35. The first-order valence-corrected chi connectivity index (χ1v) is 7.34. The Labute approximate surface area is 110 Å². The molecule has 1 heterocycles. The van der Waals surface area contributed by atoms with Gasteiger partial charge in [-0.2, -0.15) is 0 Å². The maximum absolute atomic E-state index is 6.35. The zero-order chi connectivity index (χ0) is 12.1. The number of rotatable bonds is 4. The number of nitrogens with zero attached hydrogens (tertiary/aromatic N) is 1. The van der Waals surface area contributed by atoms with Gasteiger partial charge >= 0.3 is 0 Å². The van der Waals surface area contributed by atoms with E-state index in [1.807, 2.05) is 0 Å². The van der Waals surface area contributed by atoms with Gasteiger partial charge in [-0.3, -0.25) is 0 Å². The molecule has 1 aliphatic carbocycles. The molecule has 4 heteroatoms. The van der Waals surface area contributed by atoms with E-state index in [1.165, 1.54) is 25.7 Å². The zero-order valence-corrected chi connectivity index (χ0v) is 11.6. The van der Waals surface area contributed by atoms with Gasteiger partial charge in [0.2, 0.25) is 0 Å². The fourth-order valence-corrected chi connectivity index (χ4v) is 3.18. The first-order chi connectivity index (χ1) is 8.25.